The number of fused-ring (bicyclic) bond motifs is 1. The topological polar surface area (TPSA) is 67.2 Å². The van der Waals surface area contributed by atoms with E-state index < -0.39 is 5.54 Å². The van der Waals surface area contributed by atoms with Crippen molar-refractivity contribution in [3.05, 3.63) is 64.9 Å². The average Bonchev–Trinajstić information content (AvgIpc) is 3.53. The zero-order chi connectivity index (χ0) is 23.7. The largest absolute Gasteiger partial charge is 0.351 e. The maximum absolute atomic E-state index is 14.6. The minimum absolute atomic E-state index is 0.0200. The first-order valence-electron chi connectivity index (χ1n) is 11.6. The van der Waals surface area contributed by atoms with Crippen molar-refractivity contribution in [3.8, 4) is 10.6 Å². The molecule has 3 aromatic rings. The molecule has 1 unspecified atom stereocenters. The summed E-state index contributed by atoms with van der Waals surface area (Å²) in [5.41, 5.74) is 0.358. The number of benzene rings is 1. The summed E-state index contributed by atoms with van der Waals surface area (Å²) in [6, 6.07) is 12.2. The van der Waals surface area contributed by atoms with Gasteiger partial charge in [-0.3, -0.25) is 14.3 Å². The molecule has 1 aliphatic carbocycles. The Morgan fingerprint density at radius 1 is 1.21 bits per heavy atom. The molecule has 3 heterocycles. The van der Waals surface area contributed by atoms with E-state index in [9.17, 15) is 14.0 Å². The van der Waals surface area contributed by atoms with Crippen molar-refractivity contribution in [2.24, 2.45) is 0 Å². The van der Waals surface area contributed by atoms with Crippen LogP contribution in [0.3, 0.4) is 0 Å². The maximum Gasteiger partial charge on any atom is 0.273 e. The van der Waals surface area contributed by atoms with Gasteiger partial charge >= 0.3 is 0 Å². The van der Waals surface area contributed by atoms with Crippen LogP contribution in [0.2, 0.25) is 0 Å². The van der Waals surface area contributed by atoms with Crippen molar-refractivity contribution in [2.45, 2.75) is 56.8 Å². The standard InChI is InChI=1S/C25H26FIN4O2S/c26-19-10-5-4-7-17(19)14-30-23(32)21-13-20(22-11-6-12-34-22)29-31(21)16-25(30,15-27)24(33)28-18-8-2-1-3-9-18/h4-7,10-13,18H,1-3,8-9,14-16H2,(H,28,33). The molecule has 2 aromatic heterocycles. The summed E-state index contributed by atoms with van der Waals surface area (Å²) in [6.45, 7) is 0.251. The van der Waals surface area contributed by atoms with Crippen LogP contribution in [0.15, 0.2) is 47.8 Å². The Labute approximate surface area is 215 Å². The minimum Gasteiger partial charge on any atom is -0.351 e. The summed E-state index contributed by atoms with van der Waals surface area (Å²) in [4.78, 5) is 30.2. The first-order valence-corrected chi connectivity index (χ1v) is 14.0. The first kappa shape index (κ1) is 23.5. The molecule has 0 bridgehead atoms. The molecule has 1 N–H and O–H groups in total. The molecule has 5 rings (SSSR count). The third-order valence-electron chi connectivity index (χ3n) is 6.82. The number of aromatic nitrogens is 2. The molecule has 34 heavy (non-hydrogen) atoms. The van der Waals surface area contributed by atoms with E-state index in [1.165, 1.54) is 12.5 Å². The van der Waals surface area contributed by atoms with Gasteiger partial charge in [0, 0.05) is 16.0 Å². The first-order chi connectivity index (χ1) is 16.5. The fraction of sp³-hybridized carbons (Fsp3) is 0.400. The number of nitrogens with one attached hydrogen (secondary N) is 1. The number of hydrogen-bond donors (Lipinski definition) is 1. The number of carbonyl (C=O) groups excluding carboxylic acids is 2. The Hall–Kier alpha value is -2.27. The SMILES string of the molecule is O=C1c2cc(-c3cccs3)nn2CC(CI)(C(=O)NC2CCCCC2)N1Cc1ccccc1F. The lowest BCUT2D eigenvalue weighted by molar-refractivity contribution is -0.133. The van der Waals surface area contributed by atoms with E-state index in [1.807, 2.05) is 17.5 Å². The van der Waals surface area contributed by atoms with Crippen LogP contribution >= 0.6 is 33.9 Å². The number of carbonyl (C=O) groups is 2. The van der Waals surface area contributed by atoms with Gasteiger partial charge in [-0.2, -0.15) is 5.10 Å². The lowest BCUT2D eigenvalue weighted by atomic mass is 9.91. The van der Waals surface area contributed by atoms with Crippen LogP contribution in [-0.4, -0.2) is 42.5 Å². The number of hydrogen-bond acceptors (Lipinski definition) is 4. The molecule has 178 valence electrons. The van der Waals surface area contributed by atoms with Crippen molar-refractivity contribution in [2.75, 3.05) is 4.43 Å². The maximum atomic E-state index is 14.6. The van der Waals surface area contributed by atoms with Crippen LogP contribution in [-0.2, 0) is 17.9 Å². The molecular weight excluding hydrogens is 566 g/mol. The Morgan fingerprint density at radius 3 is 2.71 bits per heavy atom. The number of alkyl halides is 1. The van der Waals surface area contributed by atoms with Gasteiger partial charge in [-0.1, -0.05) is 66.1 Å². The van der Waals surface area contributed by atoms with E-state index in [-0.39, 0.29) is 36.8 Å². The highest BCUT2D eigenvalue weighted by molar-refractivity contribution is 14.1. The molecule has 0 radical (unpaired) electrons. The predicted octanol–water partition coefficient (Wildman–Crippen LogP) is 5.03. The Morgan fingerprint density at radius 2 is 2.00 bits per heavy atom. The van der Waals surface area contributed by atoms with E-state index in [4.69, 9.17) is 5.10 Å². The average molecular weight is 592 g/mol. The molecule has 9 heteroatoms. The van der Waals surface area contributed by atoms with Gasteiger partial charge in [-0.05, 0) is 36.4 Å². The van der Waals surface area contributed by atoms with Gasteiger partial charge in [-0.25, -0.2) is 4.39 Å². The predicted molar refractivity (Wildman–Crippen MR) is 138 cm³/mol. The minimum atomic E-state index is -1.16. The van der Waals surface area contributed by atoms with E-state index in [2.05, 4.69) is 27.9 Å². The van der Waals surface area contributed by atoms with Crippen LogP contribution in [0, 0.1) is 5.82 Å². The fourth-order valence-corrected chi connectivity index (χ4v) is 6.56. The van der Waals surface area contributed by atoms with Crippen LogP contribution in [0.1, 0.15) is 48.2 Å². The highest BCUT2D eigenvalue weighted by Gasteiger charge is 2.51. The molecule has 2 aliphatic rings. The van der Waals surface area contributed by atoms with Gasteiger partial charge in [-0.15, -0.1) is 11.3 Å². The third kappa shape index (κ3) is 4.28. The summed E-state index contributed by atoms with van der Waals surface area (Å²) in [5, 5.41) is 9.89. The smallest absolute Gasteiger partial charge is 0.273 e. The zero-order valence-corrected chi connectivity index (χ0v) is 21.6. The van der Waals surface area contributed by atoms with Crippen LogP contribution < -0.4 is 5.32 Å². The Kier molecular flexibility index (Phi) is 6.74. The summed E-state index contributed by atoms with van der Waals surface area (Å²) < 4.78 is 16.7. The second kappa shape index (κ2) is 9.77. The number of halogens is 2. The lowest BCUT2D eigenvalue weighted by Gasteiger charge is -2.45. The molecule has 1 atom stereocenters. The van der Waals surface area contributed by atoms with Gasteiger partial charge < -0.3 is 10.2 Å². The van der Waals surface area contributed by atoms with Crippen LogP contribution in [0.5, 0.6) is 0 Å². The molecule has 1 aliphatic heterocycles. The number of amides is 2. The lowest BCUT2D eigenvalue weighted by Crippen LogP contribution is -2.67. The van der Waals surface area contributed by atoms with Crippen molar-refractivity contribution < 1.29 is 14.0 Å². The van der Waals surface area contributed by atoms with Crippen molar-refractivity contribution in [1.29, 1.82) is 0 Å². The zero-order valence-electron chi connectivity index (χ0n) is 18.7. The van der Waals surface area contributed by atoms with Gasteiger partial charge in [0.05, 0.1) is 18.0 Å². The van der Waals surface area contributed by atoms with Crippen molar-refractivity contribution in [3.63, 3.8) is 0 Å². The molecular formula is C25H26FIN4O2S. The van der Waals surface area contributed by atoms with E-state index in [1.54, 1.807) is 45.2 Å². The third-order valence-corrected chi connectivity index (χ3v) is 8.97. The summed E-state index contributed by atoms with van der Waals surface area (Å²) in [7, 11) is 0. The normalized spacial score (nSPS) is 20.9. The molecule has 2 amide bonds. The second-order valence-electron chi connectivity index (χ2n) is 9.01. The summed E-state index contributed by atoms with van der Waals surface area (Å²) in [5.74, 6) is -0.874. The molecule has 1 saturated carbocycles. The monoisotopic (exact) mass is 592 g/mol. The molecule has 0 saturated heterocycles. The fourth-order valence-electron chi connectivity index (χ4n) is 4.88. The Bertz CT molecular complexity index is 1190. The molecule has 6 nitrogen and oxygen atoms in total. The van der Waals surface area contributed by atoms with Gasteiger partial charge in [0.2, 0.25) is 5.91 Å². The van der Waals surface area contributed by atoms with Gasteiger partial charge in [0.1, 0.15) is 17.2 Å². The molecule has 1 aromatic carbocycles. The van der Waals surface area contributed by atoms with E-state index in [0.29, 0.717) is 21.4 Å². The summed E-state index contributed by atoms with van der Waals surface area (Å²) >= 11 is 3.72. The molecule has 1 fully saturated rings. The summed E-state index contributed by atoms with van der Waals surface area (Å²) in [6.07, 6.45) is 5.25. The Balaban J connectivity index is 1.55. The van der Waals surface area contributed by atoms with Crippen LogP contribution in [0.25, 0.3) is 10.6 Å². The van der Waals surface area contributed by atoms with Gasteiger partial charge in [0.15, 0.2) is 5.54 Å². The number of nitrogens with zero attached hydrogens (tertiary/aromatic N) is 3. The highest BCUT2D eigenvalue weighted by Crippen LogP contribution is 2.34. The van der Waals surface area contributed by atoms with Crippen molar-refractivity contribution in [1.82, 2.24) is 20.0 Å². The van der Waals surface area contributed by atoms with E-state index in [0.717, 1.165) is 30.6 Å². The highest BCUT2D eigenvalue weighted by atomic mass is 127. The molecule has 0 spiro atoms. The number of rotatable bonds is 6. The van der Waals surface area contributed by atoms with Crippen LogP contribution in [0.4, 0.5) is 4.39 Å². The van der Waals surface area contributed by atoms with E-state index >= 15 is 0 Å². The van der Waals surface area contributed by atoms with Gasteiger partial charge in [0.25, 0.3) is 5.91 Å². The second-order valence-corrected chi connectivity index (χ2v) is 10.7. The number of thiophene rings is 1. The van der Waals surface area contributed by atoms with Crippen molar-refractivity contribution >= 4 is 45.7 Å². The quantitative estimate of drug-likeness (QED) is 0.323.